The molecular weight excluding hydrogens is 256 g/mol. The zero-order chi connectivity index (χ0) is 14.4. The van der Waals surface area contributed by atoms with Gasteiger partial charge >= 0.3 is 11.9 Å². The van der Waals surface area contributed by atoms with Crippen LogP contribution in [0.4, 0.5) is 0 Å². The Morgan fingerprint density at radius 3 is 2.65 bits per heavy atom. The van der Waals surface area contributed by atoms with Gasteiger partial charge in [-0.15, -0.1) is 10.2 Å². The second kappa shape index (κ2) is 7.41. The average molecular weight is 280 g/mol. The molecule has 1 aliphatic rings. The predicted molar refractivity (Wildman–Crippen MR) is 74.5 cm³/mol. The number of carbonyl (C=O) groups excluding carboxylic acids is 1. The SMILES string of the molecule is CCCCC1CCC(c2nnc(C(=O)OCC)o2)CC1. The Morgan fingerprint density at radius 2 is 2.00 bits per heavy atom. The molecule has 1 saturated carbocycles. The maximum atomic E-state index is 11.5. The van der Waals surface area contributed by atoms with E-state index in [1.807, 2.05) is 0 Å². The lowest BCUT2D eigenvalue weighted by Crippen LogP contribution is -2.13. The summed E-state index contributed by atoms with van der Waals surface area (Å²) in [7, 11) is 0. The molecule has 0 N–H and O–H groups in total. The van der Waals surface area contributed by atoms with Gasteiger partial charge in [0.25, 0.3) is 0 Å². The summed E-state index contributed by atoms with van der Waals surface area (Å²) >= 11 is 0. The highest BCUT2D eigenvalue weighted by molar-refractivity contribution is 5.83. The van der Waals surface area contributed by atoms with E-state index in [-0.39, 0.29) is 5.89 Å². The lowest BCUT2D eigenvalue weighted by Gasteiger charge is -2.26. The van der Waals surface area contributed by atoms with Crippen molar-refractivity contribution >= 4 is 5.97 Å². The molecule has 112 valence electrons. The third kappa shape index (κ3) is 3.81. The molecule has 0 bridgehead atoms. The Labute approximate surface area is 120 Å². The van der Waals surface area contributed by atoms with E-state index in [1.54, 1.807) is 6.92 Å². The molecule has 20 heavy (non-hydrogen) atoms. The van der Waals surface area contributed by atoms with E-state index in [4.69, 9.17) is 9.15 Å². The number of aromatic nitrogens is 2. The Balaban J connectivity index is 1.86. The van der Waals surface area contributed by atoms with E-state index >= 15 is 0 Å². The van der Waals surface area contributed by atoms with Gasteiger partial charge < -0.3 is 9.15 Å². The predicted octanol–water partition coefficient (Wildman–Crippen LogP) is 3.71. The van der Waals surface area contributed by atoms with E-state index in [0.29, 0.717) is 18.4 Å². The lowest BCUT2D eigenvalue weighted by atomic mass is 9.80. The number of hydrogen-bond donors (Lipinski definition) is 0. The van der Waals surface area contributed by atoms with Crippen molar-refractivity contribution in [2.75, 3.05) is 6.61 Å². The highest BCUT2D eigenvalue weighted by Gasteiger charge is 2.27. The normalized spacial score (nSPS) is 22.7. The Hall–Kier alpha value is -1.39. The first kappa shape index (κ1) is 15.0. The van der Waals surface area contributed by atoms with Crippen LogP contribution in [0.1, 0.15) is 81.3 Å². The van der Waals surface area contributed by atoms with E-state index in [2.05, 4.69) is 17.1 Å². The summed E-state index contributed by atoms with van der Waals surface area (Å²) in [5.74, 6) is 1.21. The molecule has 0 atom stereocenters. The fraction of sp³-hybridized carbons (Fsp3) is 0.800. The number of nitrogens with zero attached hydrogens (tertiary/aromatic N) is 2. The molecule has 5 nitrogen and oxygen atoms in total. The van der Waals surface area contributed by atoms with Crippen LogP contribution in [0.25, 0.3) is 0 Å². The molecule has 0 aliphatic heterocycles. The lowest BCUT2D eigenvalue weighted by molar-refractivity contribution is 0.0477. The minimum atomic E-state index is -0.525. The van der Waals surface area contributed by atoms with Gasteiger partial charge in [0.05, 0.1) is 6.61 Å². The summed E-state index contributed by atoms with van der Waals surface area (Å²) in [4.78, 5) is 11.5. The van der Waals surface area contributed by atoms with Crippen molar-refractivity contribution < 1.29 is 13.9 Å². The van der Waals surface area contributed by atoms with Crippen LogP contribution >= 0.6 is 0 Å². The number of unbranched alkanes of at least 4 members (excludes halogenated alkanes) is 1. The van der Waals surface area contributed by atoms with E-state index < -0.39 is 5.97 Å². The number of rotatable bonds is 6. The minimum absolute atomic E-state index is 0.0186. The van der Waals surface area contributed by atoms with Crippen LogP contribution in [0.3, 0.4) is 0 Å². The van der Waals surface area contributed by atoms with Crippen LogP contribution in [0.5, 0.6) is 0 Å². The summed E-state index contributed by atoms with van der Waals surface area (Å²) in [6, 6.07) is 0. The molecule has 1 aliphatic carbocycles. The molecule has 1 heterocycles. The van der Waals surface area contributed by atoms with Gasteiger partial charge in [-0.1, -0.05) is 26.2 Å². The quantitative estimate of drug-likeness (QED) is 0.743. The number of ether oxygens (including phenoxy) is 1. The van der Waals surface area contributed by atoms with Crippen molar-refractivity contribution in [1.29, 1.82) is 0 Å². The molecule has 0 saturated heterocycles. The summed E-state index contributed by atoms with van der Waals surface area (Å²) in [6.07, 6.45) is 8.54. The molecule has 1 aromatic rings. The van der Waals surface area contributed by atoms with Crippen LogP contribution in [0.2, 0.25) is 0 Å². The van der Waals surface area contributed by atoms with Gasteiger partial charge in [-0.2, -0.15) is 0 Å². The second-order valence-electron chi connectivity index (χ2n) is 5.53. The molecule has 0 unspecified atom stereocenters. The molecule has 1 fully saturated rings. The van der Waals surface area contributed by atoms with E-state index in [9.17, 15) is 4.79 Å². The van der Waals surface area contributed by atoms with Gasteiger partial charge in [0, 0.05) is 5.92 Å². The van der Waals surface area contributed by atoms with Crippen molar-refractivity contribution in [3.05, 3.63) is 11.8 Å². The Morgan fingerprint density at radius 1 is 1.25 bits per heavy atom. The van der Waals surface area contributed by atoms with Crippen molar-refractivity contribution in [2.45, 2.75) is 64.7 Å². The molecule has 2 rings (SSSR count). The average Bonchev–Trinajstić information content (AvgIpc) is 2.96. The molecule has 5 heteroatoms. The molecule has 0 radical (unpaired) electrons. The highest BCUT2D eigenvalue weighted by Crippen LogP contribution is 2.37. The summed E-state index contributed by atoms with van der Waals surface area (Å²) in [6.45, 7) is 4.31. The van der Waals surface area contributed by atoms with Crippen LogP contribution in [0.15, 0.2) is 4.42 Å². The smallest absolute Gasteiger partial charge is 0.396 e. The fourth-order valence-corrected chi connectivity index (χ4v) is 2.87. The van der Waals surface area contributed by atoms with Crippen LogP contribution in [-0.4, -0.2) is 22.8 Å². The zero-order valence-corrected chi connectivity index (χ0v) is 12.4. The first-order valence-corrected chi connectivity index (χ1v) is 7.75. The van der Waals surface area contributed by atoms with E-state index in [1.165, 1.54) is 32.1 Å². The fourth-order valence-electron chi connectivity index (χ4n) is 2.87. The Kier molecular flexibility index (Phi) is 5.56. The first-order chi connectivity index (χ1) is 9.74. The Bertz CT molecular complexity index is 423. The molecular formula is C15H24N2O3. The number of hydrogen-bond acceptors (Lipinski definition) is 5. The second-order valence-corrected chi connectivity index (χ2v) is 5.53. The summed E-state index contributed by atoms with van der Waals surface area (Å²) in [5, 5.41) is 7.80. The first-order valence-electron chi connectivity index (χ1n) is 7.75. The van der Waals surface area contributed by atoms with Crippen LogP contribution in [0, 0.1) is 5.92 Å². The number of carbonyl (C=O) groups is 1. The standard InChI is InChI=1S/C15H24N2O3/c1-3-5-6-11-7-9-12(10-8-11)13-16-17-14(20-13)15(18)19-4-2/h11-12H,3-10H2,1-2H3. The largest absolute Gasteiger partial charge is 0.459 e. The summed E-state index contributed by atoms with van der Waals surface area (Å²) in [5.41, 5.74) is 0. The van der Waals surface area contributed by atoms with Crippen molar-refractivity contribution in [1.82, 2.24) is 10.2 Å². The highest BCUT2D eigenvalue weighted by atomic mass is 16.5. The monoisotopic (exact) mass is 280 g/mol. The third-order valence-electron chi connectivity index (χ3n) is 4.05. The summed E-state index contributed by atoms with van der Waals surface area (Å²) < 4.78 is 10.3. The third-order valence-corrected chi connectivity index (χ3v) is 4.05. The molecule has 0 spiro atoms. The zero-order valence-electron chi connectivity index (χ0n) is 12.4. The van der Waals surface area contributed by atoms with Gasteiger partial charge in [0.15, 0.2) is 0 Å². The van der Waals surface area contributed by atoms with Crippen molar-refractivity contribution in [3.63, 3.8) is 0 Å². The van der Waals surface area contributed by atoms with E-state index in [0.717, 1.165) is 18.8 Å². The van der Waals surface area contributed by atoms with Gasteiger partial charge in [0.2, 0.25) is 5.89 Å². The van der Waals surface area contributed by atoms with Crippen LogP contribution in [-0.2, 0) is 4.74 Å². The van der Waals surface area contributed by atoms with Gasteiger partial charge in [0.1, 0.15) is 0 Å². The van der Waals surface area contributed by atoms with Gasteiger partial charge in [-0.3, -0.25) is 0 Å². The maximum absolute atomic E-state index is 11.5. The van der Waals surface area contributed by atoms with Crippen molar-refractivity contribution in [3.8, 4) is 0 Å². The van der Waals surface area contributed by atoms with Crippen molar-refractivity contribution in [2.24, 2.45) is 5.92 Å². The molecule has 0 amide bonds. The van der Waals surface area contributed by atoms with Crippen LogP contribution < -0.4 is 0 Å². The topological polar surface area (TPSA) is 65.2 Å². The molecule has 1 aromatic heterocycles. The van der Waals surface area contributed by atoms with Gasteiger partial charge in [-0.25, -0.2) is 4.79 Å². The minimum Gasteiger partial charge on any atom is -0.459 e. The maximum Gasteiger partial charge on any atom is 0.396 e. The molecule has 0 aromatic carbocycles. The number of esters is 1. The van der Waals surface area contributed by atoms with Gasteiger partial charge in [-0.05, 0) is 38.5 Å².